The maximum atomic E-state index is 8.25. The van der Waals surface area contributed by atoms with Crippen LogP contribution in [0.15, 0.2) is 48.5 Å². The number of rotatable bonds is 0. The van der Waals surface area contributed by atoms with Crippen molar-refractivity contribution in [2.45, 2.75) is 6.92 Å². The Morgan fingerprint density at radius 1 is 1.00 bits per heavy atom. The van der Waals surface area contributed by atoms with Crippen molar-refractivity contribution in [3.05, 3.63) is 69.4 Å². The number of hydrogen-bond acceptors (Lipinski definition) is 3. The monoisotopic (exact) mass is 270 g/mol. The number of hydrogen-bond donors (Lipinski definition) is 0. The molecule has 0 bridgehead atoms. The highest BCUT2D eigenvalue weighted by atomic mass is 16.9. The van der Waals surface area contributed by atoms with Crippen molar-refractivity contribution in [2.75, 3.05) is 0 Å². The van der Waals surface area contributed by atoms with Gasteiger partial charge in [0.15, 0.2) is 0 Å². The molecule has 3 rings (SSSR count). The minimum atomic E-state index is -1.75. The van der Waals surface area contributed by atoms with Crippen LogP contribution in [-0.4, -0.2) is 5.09 Å². The van der Waals surface area contributed by atoms with Gasteiger partial charge in [-0.25, -0.2) is 0 Å². The molecule has 5 heteroatoms. The summed E-state index contributed by atoms with van der Waals surface area (Å²) in [6, 6.07) is 17.2. The molecular formula is C15H14N2O3. The van der Waals surface area contributed by atoms with E-state index in [0.29, 0.717) is 0 Å². The molecule has 2 aromatic carbocycles. The predicted molar refractivity (Wildman–Crippen MR) is 77.7 cm³/mol. The van der Waals surface area contributed by atoms with E-state index in [9.17, 15) is 0 Å². The Morgan fingerprint density at radius 3 is 2.30 bits per heavy atom. The Balaban J connectivity index is 0.000000328. The summed E-state index contributed by atoms with van der Waals surface area (Å²) < 4.78 is 2.26. The maximum absolute atomic E-state index is 8.25. The van der Waals surface area contributed by atoms with E-state index in [0.717, 1.165) is 0 Å². The highest BCUT2D eigenvalue weighted by Gasteiger charge is 2.11. The molecule has 3 aromatic rings. The average molecular weight is 270 g/mol. The summed E-state index contributed by atoms with van der Waals surface area (Å²) in [5.74, 6) is 0. The molecule has 0 saturated carbocycles. The van der Waals surface area contributed by atoms with Gasteiger partial charge in [0, 0.05) is 22.9 Å². The summed E-state index contributed by atoms with van der Waals surface area (Å²) in [5, 5.41) is 17.4. The second-order valence-corrected chi connectivity index (χ2v) is 4.49. The first-order valence-corrected chi connectivity index (χ1v) is 6.09. The summed E-state index contributed by atoms with van der Waals surface area (Å²) in [6.07, 6.45) is 0. The first-order valence-electron chi connectivity index (χ1n) is 6.09. The molecule has 5 nitrogen and oxygen atoms in total. The topological polar surface area (TPSA) is 70.1 Å². The van der Waals surface area contributed by atoms with Crippen LogP contribution in [0.3, 0.4) is 0 Å². The van der Waals surface area contributed by atoms with Gasteiger partial charge in [0.1, 0.15) is 7.05 Å². The third-order valence-corrected chi connectivity index (χ3v) is 3.26. The number of aromatic nitrogens is 1. The molecule has 0 atom stereocenters. The van der Waals surface area contributed by atoms with Gasteiger partial charge >= 0.3 is 0 Å². The molecule has 0 unspecified atom stereocenters. The second kappa shape index (κ2) is 5.52. The molecule has 20 heavy (non-hydrogen) atoms. The van der Waals surface area contributed by atoms with Crippen LogP contribution in [0.5, 0.6) is 0 Å². The third-order valence-electron chi connectivity index (χ3n) is 3.26. The molecule has 0 aliphatic carbocycles. The summed E-state index contributed by atoms with van der Waals surface area (Å²) in [4.78, 5) is 8.25. The molecule has 0 radical (unpaired) electrons. The summed E-state index contributed by atoms with van der Waals surface area (Å²) in [5.41, 5.74) is 3.90. The molecule has 0 spiro atoms. The largest absolute Gasteiger partial charge is 0.356 e. The van der Waals surface area contributed by atoms with E-state index in [1.807, 2.05) is 0 Å². The van der Waals surface area contributed by atoms with Crippen LogP contribution in [-0.2, 0) is 7.05 Å². The zero-order chi connectivity index (χ0) is 14.7. The lowest BCUT2D eigenvalue weighted by Crippen LogP contribution is -2.30. The number of para-hydroxylation sites is 1. The summed E-state index contributed by atoms with van der Waals surface area (Å²) in [7, 11) is 2.13. The van der Waals surface area contributed by atoms with Gasteiger partial charge in [0.05, 0.1) is 5.09 Å². The molecule has 0 saturated heterocycles. The third kappa shape index (κ3) is 2.66. The average Bonchev–Trinajstić information content (AvgIpc) is 2.40. The SMILES string of the molecule is Cc1cccc2c1cc1ccccc1[n+]2C.O=[N+]([O-])[O-]. The molecule has 0 aliphatic heterocycles. The van der Waals surface area contributed by atoms with Crippen LogP contribution in [0.1, 0.15) is 5.56 Å². The first-order chi connectivity index (χ1) is 9.50. The van der Waals surface area contributed by atoms with Crippen molar-refractivity contribution in [3.63, 3.8) is 0 Å². The molecule has 0 aliphatic rings. The maximum Gasteiger partial charge on any atom is 0.213 e. The van der Waals surface area contributed by atoms with Crippen molar-refractivity contribution in [2.24, 2.45) is 7.05 Å². The highest BCUT2D eigenvalue weighted by Crippen LogP contribution is 2.20. The van der Waals surface area contributed by atoms with Crippen LogP contribution in [0, 0.1) is 22.2 Å². The Morgan fingerprint density at radius 2 is 1.60 bits per heavy atom. The predicted octanol–water partition coefficient (Wildman–Crippen LogP) is 2.89. The number of benzene rings is 2. The van der Waals surface area contributed by atoms with E-state index < -0.39 is 5.09 Å². The number of aryl methyl sites for hydroxylation is 2. The minimum absolute atomic E-state index is 1.28. The zero-order valence-corrected chi connectivity index (χ0v) is 11.2. The smallest absolute Gasteiger partial charge is 0.213 e. The van der Waals surface area contributed by atoms with Crippen molar-refractivity contribution in [1.29, 1.82) is 0 Å². The second-order valence-electron chi connectivity index (χ2n) is 4.49. The molecule has 0 fully saturated rings. The Kier molecular flexibility index (Phi) is 3.79. The van der Waals surface area contributed by atoms with Gasteiger partial charge in [-0.3, -0.25) is 0 Å². The normalized spacial score (nSPS) is 10.1. The van der Waals surface area contributed by atoms with Crippen LogP contribution in [0.4, 0.5) is 0 Å². The van der Waals surface area contributed by atoms with E-state index in [2.05, 4.69) is 67.1 Å². The number of nitrogens with zero attached hydrogens (tertiary/aromatic N) is 2. The van der Waals surface area contributed by atoms with Crippen LogP contribution in [0.25, 0.3) is 21.8 Å². The molecule has 0 N–H and O–H groups in total. The van der Waals surface area contributed by atoms with Gasteiger partial charge in [0.2, 0.25) is 11.0 Å². The van der Waals surface area contributed by atoms with Gasteiger partial charge in [0.25, 0.3) is 0 Å². The van der Waals surface area contributed by atoms with Gasteiger partial charge in [-0.05, 0) is 24.6 Å². The van der Waals surface area contributed by atoms with Gasteiger partial charge in [-0.1, -0.05) is 24.3 Å². The van der Waals surface area contributed by atoms with Crippen molar-refractivity contribution in [1.82, 2.24) is 0 Å². The van der Waals surface area contributed by atoms with Crippen LogP contribution < -0.4 is 4.57 Å². The van der Waals surface area contributed by atoms with E-state index in [4.69, 9.17) is 15.3 Å². The Hall–Kier alpha value is -2.69. The number of pyridine rings is 1. The van der Waals surface area contributed by atoms with Gasteiger partial charge < -0.3 is 15.3 Å². The zero-order valence-electron chi connectivity index (χ0n) is 11.2. The highest BCUT2D eigenvalue weighted by molar-refractivity contribution is 5.90. The number of fused-ring (bicyclic) bond motifs is 2. The quantitative estimate of drug-likeness (QED) is 0.273. The minimum Gasteiger partial charge on any atom is -0.356 e. The molecule has 1 aromatic heterocycles. The van der Waals surface area contributed by atoms with Crippen molar-refractivity contribution >= 4 is 21.8 Å². The lowest BCUT2D eigenvalue weighted by molar-refractivity contribution is -0.617. The fourth-order valence-electron chi connectivity index (χ4n) is 2.35. The summed E-state index contributed by atoms with van der Waals surface area (Å²) >= 11 is 0. The Bertz CT molecular complexity index is 781. The lowest BCUT2D eigenvalue weighted by atomic mass is 10.1. The van der Waals surface area contributed by atoms with Crippen molar-refractivity contribution in [3.8, 4) is 0 Å². The fraction of sp³-hybridized carbons (Fsp3) is 0.133. The van der Waals surface area contributed by atoms with E-state index in [-0.39, 0.29) is 0 Å². The van der Waals surface area contributed by atoms with Crippen LogP contribution in [0.2, 0.25) is 0 Å². The molecule has 0 amide bonds. The fourth-order valence-corrected chi connectivity index (χ4v) is 2.35. The van der Waals surface area contributed by atoms with Crippen molar-refractivity contribution < 1.29 is 9.65 Å². The van der Waals surface area contributed by atoms with E-state index in [1.54, 1.807) is 0 Å². The van der Waals surface area contributed by atoms with E-state index >= 15 is 0 Å². The lowest BCUT2D eigenvalue weighted by Gasteiger charge is -2.03. The van der Waals surface area contributed by atoms with Crippen LogP contribution >= 0.6 is 0 Å². The molecule has 102 valence electrons. The Labute approximate surface area is 115 Å². The van der Waals surface area contributed by atoms with Gasteiger partial charge in [-0.2, -0.15) is 4.57 Å². The van der Waals surface area contributed by atoms with E-state index in [1.165, 1.54) is 27.4 Å². The van der Waals surface area contributed by atoms with Gasteiger partial charge in [-0.15, -0.1) is 0 Å². The first kappa shape index (κ1) is 13.7. The summed E-state index contributed by atoms with van der Waals surface area (Å²) in [6.45, 7) is 2.16. The molecular weight excluding hydrogens is 256 g/mol. The standard InChI is InChI=1S/C15H14N.NO3/c1-11-6-5-9-15-13(11)10-12-7-3-4-8-14(12)16(15)2;2-1(3)4/h3-10H,1-2H3;/q+1;-1. The molecule has 1 heterocycles.